The van der Waals surface area contributed by atoms with E-state index in [9.17, 15) is 4.39 Å². The maximum Gasteiger partial charge on any atom is 0.138 e. The molecule has 0 N–H and O–H groups in total. The van der Waals surface area contributed by atoms with Gasteiger partial charge in [-0.1, -0.05) is 18.2 Å². The Morgan fingerprint density at radius 2 is 2.08 bits per heavy atom. The summed E-state index contributed by atoms with van der Waals surface area (Å²) < 4.78 is 15.3. The van der Waals surface area contributed by atoms with Gasteiger partial charge < -0.3 is 0 Å². The molecule has 1 unspecified atom stereocenters. The minimum atomic E-state index is -0.177. The molecule has 5 heteroatoms. The maximum atomic E-state index is 13.4. The molecule has 0 aliphatic carbocycles. The molecule has 0 amide bonds. The Hall–Kier alpha value is -2.53. The van der Waals surface area contributed by atoms with Crippen LogP contribution in [-0.2, 0) is 6.54 Å². The third kappa shape index (κ3) is 3.08. The summed E-state index contributed by atoms with van der Waals surface area (Å²) in [7, 11) is 0. The number of benzene rings is 1. The number of aromatic nitrogens is 3. The first-order valence-corrected chi connectivity index (χ1v) is 8.23. The molecule has 4 nitrogen and oxygen atoms in total. The average Bonchev–Trinajstić information content (AvgIpc) is 3.27. The van der Waals surface area contributed by atoms with E-state index in [1.165, 1.54) is 6.07 Å². The zero-order valence-corrected chi connectivity index (χ0v) is 13.3. The Labute approximate surface area is 140 Å². The van der Waals surface area contributed by atoms with Gasteiger partial charge in [0, 0.05) is 18.9 Å². The Morgan fingerprint density at radius 1 is 1.17 bits per heavy atom. The quantitative estimate of drug-likeness (QED) is 0.734. The van der Waals surface area contributed by atoms with Crippen LogP contribution in [0.25, 0.3) is 5.82 Å². The molecule has 1 aliphatic rings. The molecule has 1 saturated heterocycles. The molecule has 1 aromatic carbocycles. The summed E-state index contributed by atoms with van der Waals surface area (Å²) in [6, 6.07) is 13.2. The lowest BCUT2D eigenvalue weighted by atomic mass is 10.1. The second-order valence-corrected chi connectivity index (χ2v) is 6.15. The van der Waals surface area contributed by atoms with Gasteiger partial charge in [0.15, 0.2) is 0 Å². The van der Waals surface area contributed by atoms with Crippen LogP contribution in [0.1, 0.15) is 30.1 Å². The standard InChI is InChI=1S/C19H19FN4/c20-16-5-1-4-15(12-16)13-23-10-3-7-18(23)17-6-2-8-19(22-17)24-11-9-21-14-24/h1-2,4-6,8-9,11-12,14,18H,3,7,10,13H2. The van der Waals surface area contributed by atoms with Gasteiger partial charge in [-0.25, -0.2) is 14.4 Å². The van der Waals surface area contributed by atoms with E-state index in [-0.39, 0.29) is 11.9 Å². The minimum Gasteiger partial charge on any atom is -0.291 e. The van der Waals surface area contributed by atoms with Crippen LogP contribution >= 0.6 is 0 Å². The average molecular weight is 322 g/mol. The first kappa shape index (κ1) is 15.0. The van der Waals surface area contributed by atoms with Gasteiger partial charge in [0.25, 0.3) is 0 Å². The van der Waals surface area contributed by atoms with Crippen molar-refractivity contribution in [1.82, 2.24) is 19.4 Å². The monoisotopic (exact) mass is 322 g/mol. The highest BCUT2D eigenvalue weighted by atomic mass is 19.1. The normalized spacial score (nSPS) is 18.1. The highest BCUT2D eigenvalue weighted by Crippen LogP contribution is 2.32. The lowest BCUT2D eigenvalue weighted by molar-refractivity contribution is 0.244. The summed E-state index contributed by atoms with van der Waals surface area (Å²) in [5, 5.41) is 0. The van der Waals surface area contributed by atoms with Crippen molar-refractivity contribution in [2.75, 3.05) is 6.54 Å². The van der Waals surface area contributed by atoms with Crippen molar-refractivity contribution < 1.29 is 4.39 Å². The summed E-state index contributed by atoms with van der Waals surface area (Å²) in [6.45, 7) is 1.76. The van der Waals surface area contributed by atoms with Gasteiger partial charge in [0.2, 0.25) is 0 Å². The Morgan fingerprint density at radius 3 is 2.92 bits per heavy atom. The highest BCUT2D eigenvalue weighted by Gasteiger charge is 2.27. The van der Waals surface area contributed by atoms with E-state index in [4.69, 9.17) is 4.98 Å². The number of rotatable bonds is 4. The number of nitrogens with zero attached hydrogens (tertiary/aromatic N) is 4. The maximum absolute atomic E-state index is 13.4. The molecule has 3 aromatic rings. The Kier molecular flexibility index (Phi) is 4.09. The van der Waals surface area contributed by atoms with Crippen molar-refractivity contribution in [2.24, 2.45) is 0 Å². The van der Waals surface area contributed by atoms with Crippen molar-refractivity contribution in [1.29, 1.82) is 0 Å². The molecule has 122 valence electrons. The molecule has 0 bridgehead atoms. The largest absolute Gasteiger partial charge is 0.291 e. The fourth-order valence-electron chi connectivity index (χ4n) is 3.38. The molecule has 1 fully saturated rings. The van der Waals surface area contributed by atoms with Crippen molar-refractivity contribution in [3.05, 3.63) is 78.3 Å². The highest BCUT2D eigenvalue weighted by molar-refractivity contribution is 5.26. The van der Waals surface area contributed by atoms with Gasteiger partial charge in [-0.15, -0.1) is 0 Å². The molecule has 2 aromatic heterocycles. The van der Waals surface area contributed by atoms with Crippen LogP contribution in [0.5, 0.6) is 0 Å². The number of halogens is 1. The predicted molar refractivity (Wildman–Crippen MR) is 90.1 cm³/mol. The predicted octanol–water partition coefficient (Wildman–Crippen LogP) is 3.74. The van der Waals surface area contributed by atoms with Crippen LogP contribution in [-0.4, -0.2) is 26.0 Å². The Balaban J connectivity index is 1.57. The molecule has 3 heterocycles. The molecule has 0 saturated carbocycles. The van der Waals surface area contributed by atoms with Crippen LogP contribution in [0.2, 0.25) is 0 Å². The smallest absolute Gasteiger partial charge is 0.138 e. The molecular weight excluding hydrogens is 303 g/mol. The van der Waals surface area contributed by atoms with E-state index in [0.29, 0.717) is 0 Å². The zero-order chi connectivity index (χ0) is 16.4. The van der Waals surface area contributed by atoms with E-state index < -0.39 is 0 Å². The number of hydrogen-bond acceptors (Lipinski definition) is 3. The summed E-state index contributed by atoms with van der Waals surface area (Å²) in [5.74, 6) is 0.700. The molecule has 1 aliphatic heterocycles. The topological polar surface area (TPSA) is 34.0 Å². The minimum absolute atomic E-state index is 0.177. The molecule has 1 atom stereocenters. The van der Waals surface area contributed by atoms with Gasteiger partial charge in [0.05, 0.1) is 11.7 Å². The number of pyridine rings is 1. The molecule has 0 spiro atoms. The van der Waals surface area contributed by atoms with E-state index in [2.05, 4.69) is 16.0 Å². The Bertz CT molecular complexity index is 816. The van der Waals surface area contributed by atoms with Crippen LogP contribution in [0.15, 0.2) is 61.2 Å². The summed E-state index contributed by atoms with van der Waals surface area (Å²) in [4.78, 5) is 11.3. The summed E-state index contributed by atoms with van der Waals surface area (Å²) in [5.41, 5.74) is 2.07. The lowest BCUT2D eigenvalue weighted by Crippen LogP contribution is -2.23. The van der Waals surface area contributed by atoms with E-state index in [1.807, 2.05) is 29.0 Å². The van der Waals surface area contributed by atoms with Crippen LogP contribution < -0.4 is 0 Å². The van der Waals surface area contributed by atoms with Gasteiger partial charge in [-0.05, 0) is 49.2 Å². The van der Waals surface area contributed by atoms with E-state index in [1.54, 1.807) is 24.7 Å². The first-order chi connectivity index (χ1) is 11.8. The van der Waals surface area contributed by atoms with Crippen LogP contribution in [0, 0.1) is 5.82 Å². The molecule has 4 rings (SSSR count). The second-order valence-electron chi connectivity index (χ2n) is 6.15. The molecular formula is C19H19FN4. The molecule has 0 radical (unpaired) electrons. The fraction of sp³-hybridized carbons (Fsp3) is 0.263. The van der Waals surface area contributed by atoms with Crippen molar-refractivity contribution in [3.63, 3.8) is 0 Å². The van der Waals surface area contributed by atoms with Gasteiger partial charge in [0.1, 0.15) is 18.0 Å². The third-order valence-corrected chi connectivity index (χ3v) is 4.50. The SMILES string of the molecule is Fc1cccc(CN2CCCC2c2cccc(-n3ccnc3)n2)c1. The van der Waals surface area contributed by atoms with Crippen molar-refractivity contribution in [2.45, 2.75) is 25.4 Å². The van der Waals surface area contributed by atoms with Crippen molar-refractivity contribution in [3.8, 4) is 5.82 Å². The van der Waals surface area contributed by atoms with Crippen molar-refractivity contribution >= 4 is 0 Å². The number of imidazole rings is 1. The molecule has 24 heavy (non-hydrogen) atoms. The number of hydrogen-bond donors (Lipinski definition) is 0. The summed E-state index contributed by atoms with van der Waals surface area (Å²) in [6.07, 6.45) is 7.61. The van der Waals surface area contributed by atoms with E-state index in [0.717, 1.165) is 43.0 Å². The first-order valence-electron chi connectivity index (χ1n) is 8.23. The lowest BCUT2D eigenvalue weighted by Gasteiger charge is -2.24. The number of likely N-dealkylation sites (tertiary alicyclic amines) is 1. The fourth-order valence-corrected chi connectivity index (χ4v) is 3.38. The van der Waals surface area contributed by atoms with Gasteiger partial charge in [-0.2, -0.15) is 0 Å². The van der Waals surface area contributed by atoms with Gasteiger partial charge >= 0.3 is 0 Å². The van der Waals surface area contributed by atoms with Crippen LogP contribution in [0.3, 0.4) is 0 Å². The zero-order valence-electron chi connectivity index (χ0n) is 13.3. The van der Waals surface area contributed by atoms with Crippen LogP contribution in [0.4, 0.5) is 4.39 Å². The summed E-state index contributed by atoms with van der Waals surface area (Å²) >= 11 is 0. The second kappa shape index (κ2) is 6.53. The van der Waals surface area contributed by atoms with Gasteiger partial charge in [-0.3, -0.25) is 9.47 Å². The third-order valence-electron chi connectivity index (χ3n) is 4.50. The van der Waals surface area contributed by atoms with E-state index >= 15 is 0 Å².